The van der Waals surface area contributed by atoms with Crippen LogP contribution in [0.25, 0.3) is 0 Å². The summed E-state index contributed by atoms with van der Waals surface area (Å²) >= 11 is 0. The smallest absolute Gasteiger partial charge is 0.416 e. The maximum atomic E-state index is 13.9. The number of sulfonamides is 1. The Morgan fingerprint density at radius 3 is 2.35 bits per heavy atom. The second-order valence-corrected chi connectivity index (χ2v) is 9.55. The van der Waals surface area contributed by atoms with Crippen LogP contribution in [0.15, 0.2) is 41.3 Å². The first kappa shape index (κ1) is 25.4. The van der Waals surface area contributed by atoms with Crippen LogP contribution in [0.5, 0.6) is 5.75 Å². The molecule has 0 bridgehead atoms. The zero-order valence-corrected chi connectivity index (χ0v) is 18.2. The molecule has 34 heavy (non-hydrogen) atoms. The molecular formula is C21H17F4N3O5S. The molecule has 1 heterocycles. The van der Waals surface area contributed by atoms with Gasteiger partial charge in [0.15, 0.2) is 0 Å². The maximum Gasteiger partial charge on any atom is 0.416 e. The predicted octanol–water partition coefficient (Wildman–Crippen LogP) is 2.15. The Balaban J connectivity index is 1.97. The standard InChI is InChI=1S/C21H17F4N3O5S/c1-12(29)20(30)11-28(10-19(20)33-16-4-2-13(8-26)17(22)7-16)34(31,32)18-5-3-15(21(23,24)25)6-14(18)9-27/h2-7,12,19,29-30H,10-11H2,1H3/t12?,19-,20+/m0/s1. The first-order valence-electron chi connectivity index (χ1n) is 9.62. The Labute approximate surface area is 191 Å². The third-order valence-corrected chi connectivity index (χ3v) is 7.33. The van der Waals surface area contributed by atoms with Crippen LogP contribution in [0, 0.1) is 28.5 Å². The summed E-state index contributed by atoms with van der Waals surface area (Å²) in [5.74, 6) is -1.08. The third-order valence-electron chi connectivity index (χ3n) is 5.46. The molecule has 0 aromatic heterocycles. The van der Waals surface area contributed by atoms with E-state index in [1.54, 1.807) is 6.07 Å². The highest BCUT2D eigenvalue weighted by Crippen LogP contribution is 2.36. The highest BCUT2D eigenvalue weighted by atomic mass is 32.2. The molecule has 1 aliphatic rings. The van der Waals surface area contributed by atoms with E-state index < -0.39 is 68.9 Å². The number of benzene rings is 2. The van der Waals surface area contributed by atoms with Crippen molar-refractivity contribution in [3.8, 4) is 17.9 Å². The van der Waals surface area contributed by atoms with Gasteiger partial charge in [0.25, 0.3) is 0 Å². The van der Waals surface area contributed by atoms with Crippen molar-refractivity contribution in [2.45, 2.75) is 35.8 Å². The molecule has 1 aliphatic heterocycles. The lowest BCUT2D eigenvalue weighted by molar-refractivity contribution is -0.137. The number of ether oxygens (including phenoxy) is 1. The number of hydrogen-bond acceptors (Lipinski definition) is 7. The van der Waals surface area contributed by atoms with E-state index >= 15 is 0 Å². The van der Waals surface area contributed by atoms with Gasteiger partial charge in [-0.15, -0.1) is 0 Å². The maximum absolute atomic E-state index is 13.9. The number of aliphatic hydroxyl groups excluding tert-OH is 1. The lowest BCUT2D eigenvalue weighted by Crippen LogP contribution is -2.53. The Hall–Kier alpha value is -3.23. The van der Waals surface area contributed by atoms with Crippen molar-refractivity contribution < 1.29 is 40.9 Å². The monoisotopic (exact) mass is 499 g/mol. The lowest BCUT2D eigenvalue weighted by Gasteiger charge is -2.31. The minimum absolute atomic E-state index is 0.160. The van der Waals surface area contributed by atoms with E-state index in [-0.39, 0.29) is 11.3 Å². The normalized spacial score (nSPS) is 22.1. The lowest BCUT2D eigenvalue weighted by atomic mass is 9.94. The molecule has 1 fully saturated rings. The topological polar surface area (TPSA) is 135 Å². The van der Waals surface area contributed by atoms with E-state index in [9.17, 15) is 41.5 Å². The molecule has 2 aromatic rings. The number of nitriles is 2. The summed E-state index contributed by atoms with van der Waals surface area (Å²) < 4.78 is 85.4. The second kappa shape index (κ2) is 8.85. The van der Waals surface area contributed by atoms with Crippen LogP contribution in [0.3, 0.4) is 0 Å². The fourth-order valence-corrected chi connectivity index (χ4v) is 5.11. The van der Waals surface area contributed by atoms with Gasteiger partial charge in [-0.3, -0.25) is 0 Å². The zero-order chi connectivity index (χ0) is 25.5. The van der Waals surface area contributed by atoms with Crippen molar-refractivity contribution in [3.05, 3.63) is 58.9 Å². The van der Waals surface area contributed by atoms with Gasteiger partial charge in [0.2, 0.25) is 10.0 Å². The van der Waals surface area contributed by atoms with Crippen LogP contribution in [0.1, 0.15) is 23.6 Å². The molecule has 0 aliphatic carbocycles. The van der Waals surface area contributed by atoms with Crippen molar-refractivity contribution >= 4 is 10.0 Å². The Morgan fingerprint density at radius 1 is 1.18 bits per heavy atom. The summed E-state index contributed by atoms with van der Waals surface area (Å²) in [6.45, 7) is -0.121. The van der Waals surface area contributed by atoms with Gasteiger partial charge in [-0.05, 0) is 37.3 Å². The molecule has 2 N–H and O–H groups in total. The number of halogens is 4. The Morgan fingerprint density at radius 2 is 1.82 bits per heavy atom. The Kier molecular flexibility index (Phi) is 6.61. The zero-order valence-electron chi connectivity index (χ0n) is 17.4. The summed E-state index contributed by atoms with van der Waals surface area (Å²) in [5, 5.41) is 39.2. The van der Waals surface area contributed by atoms with Crippen molar-refractivity contribution in [2.24, 2.45) is 0 Å². The number of rotatable bonds is 5. The molecule has 180 valence electrons. The van der Waals surface area contributed by atoms with Crippen LogP contribution < -0.4 is 4.74 Å². The van der Waals surface area contributed by atoms with Crippen LogP contribution in [0.4, 0.5) is 17.6 Å². The van der Waals surface area contributed by atoms with Crippen molar-refractivity contribution in [3.63, 3.8) is 0 Å². The van der Waals surface area contributed by atoms with Gasteiger partial charge in [0.05, 0.1) is 34.2 Å². The molecule has 13 heteroatoms. The van der Waals surface area contributed by atoms with Crippen LogP contribution in [-0.2, 0) is 16.2 Å². The first-order chi connectivity index (χ1) is 15.7. The number of aliphatic hydroxyl groups is 2. The number of nitrogens with zero attached hydrogens (tertiary/aromatic N) is 3. The average molecular weight is 499 g/mol. The molecule has 3 atom stereocenters. The molecule has 2 aromatic carbocycles. The predicted molar refractivity (Wildman–Crippen MR) is 107 cm³/mol. The van der Waals surface area contributed by atoms with E-state index in [0.29, 0.717) is 22.5 Å². The minimum atomic E-state index is -4.80. The molecule has 0 radical (unpaired) electrons. The van der Waals surface area contributed by atoms with Gasteiger partial charge >= 0.3 is 6.18 Å². The summed E-state index contributed by atoms with van der Waals surface area (Å²) in [6, 6.07) is 7.77. The van der Waals surface area contributed by atoms with Gasteiger partial charge in [-0.2, -0.15) is 28.0 Å². The van der Waals surface area contributed by atoms with Gasteiger partial charge < -0.3 is 14.9 Å². The van der Waals surface area contributed by atoms with E-state index in [1.807, 2.05) is 0 Å². The number of β-amino-alcohol motifs (C(OH)–C–C–N with tert-alkyl or cyclic N) is 1. The summed E-state index contributed by atoms with van der Waals surface area (Å²) in [5.41, 5.74) is -4.43. The molecule has 8 nitrogen and oxygen atoms in total. The van der Waals surface area contributed by atoms with Crippen LogP contribution in [-0.4, -0.2) is 53.8 Å². The summed E-state index contributed by atoms with van der Waals surface area (Å²) in [4.78, 5) is -0.721. The van der Waals surface area contributed by atoms with Crippen LogP contribution in [0.2, 0.25) is 0 Å². The highest BCUT2D eigenvalue weighted by molar-refractivity contribution is 7.89. The van der Waals surface area contributed by atoms with Crippen molar-refractivity contribution in [2.75, 3.05) is 13.1 Å². The minimum Gasteiger partial charge on any atom is -0.486 e. The van der Waals surface area contributed by atoms with Gasteiger partial charge in [-0.25, -0.2) is 12.8 Å². The molecule has 3 rings (SSSR count). The number of hydrogen-bond donors (Lipinski definition) is 2. The molecule has 1 saturated heterocycles. The average Bonchev–Trinajstić information content (AvgIpc) is 3.11. The molecule has 1 unspecified atom stereocenters. The second-order valence-electron chi connectivity index (χ2n) is 7.65. The molecule has 0 saturated carbocycles. The van der Waals surface area contributed by atoms with Crippen molar-refractivity contribution in [1.82, 2.24) is 4.31 Å². The SMILES string of the molecule is CC(O)[C@]1(O)CN(S(=O)(=O)c2ccc(C(F)(F)F)cc2C#N)C[C@@H]1Oc1ccc(C#N)c(F)c1. The van der Waals surface area contributed by atoms with E-state index in [4.69, 9.17) is 10.00 Å². The summed E-state index contributed by atoms with van der Waals surface area (Å²) in [6.07, 6.45) is -7.76. The van der Waals surface area contributed by atoms with E-state index in [2.05, 4.69) is 0 Å². The molecular weight excluding hydrogens is 482 g/mol. The Bertz CT molecular complexity index is 1300. The molecule has 0 spiro atoms. The first-order valence-corrected chi connectivity index (χ1v) is 11.1. The highest BCUT2D eigenvalue weighted by Gasteiger charge is 2.54. The van der Waals surface area contributed by atoms with Gasteiger partial charge in [0, 0.05) is 12.6 Å². The quantitative estimate of drug-likeness (QED) is 0.602. The molecule has 0 amide bonds. The fraction of sp³-hybridized carbons (Fsp3) is 0.333. The van der Waals surface area contributed by atoms with Crippen LogP contribution >= 0.6 is 0 Å². The largest absolute Gasteiger partial charge is 0.486 e. The van der Waals surface area contributed by atoms with Gasteiger partial charge in [-0.1, -0.05) is 0 Å². The van der Waals surface area contributed by atoms with Gasteiger partial charge in [0.1, 0.15) is 35.4 Å². The number of alkyl halides is 3. The van der Waals surface area contributed by atoms with E-state index in [0.717, 1.165) is 12.1 Å². The van der Waals surface area contributed by atoms with Crippen molar-refractivity contribution in [1.29, 1.82) is 10.5 Å². The third kappa shape index (κ3) is 4.56. The van der Waals surface area contributed by atoms with E-state index in [1.165, 1.54) is 19.1 Å². The fourth-order valence-electron chi connectivity index (χ4n) is 3.50. The summed E-state index contributed by atoms with van der Waals surface area (Å²) in [7, 11) is -4.62.